The fraction of sp³-hybridized carbons (Fsp3) is 1.00. The predicted molar refractivity (Wildman–Crippen MR) is 53.6 cm³/mol. The minimum absolute atomic E-state index is 0.0650. The first kappa shape index (κ1) is 9.45. The van der Waals surface area contributed by atoms with Crippen molar-refractivity contribution in [3.63, 3.8) is 0 Å². The van der Waals surface area contributed by atoms with Gasteiger partial charge in [0.15, 0.2) is 5.00 Å². The van der Waals surface area contributed by atoms with Crippen molar-refractivity contribution in [1.29, 1.82) is 0 Å². The van der Waals surface area contributed by atoms with Gasteiger partial charge in [0.05, 0.1) is 0 Å². The lowest BCUT2D eigenvalue weighted by molar-refractivity contribution is 0.108. The molecule has 2 saturated carbocycles. The molecule has 2 fully saturated rings. The maximum atomic E-state index is 11.0. The summed E-state index contributed by atoms with van der Waals surface area (Å²) in [6.45, 7) is 6.27. The third-order valence-corrected chi connectivity index (χ3v) is 5.55. The minimum Gasteiger partial charge on any atom is -0.149 e. The van der Waals surface area contributed by atoms with Gasteiger partial charge >= 0.3 is 0 Å². The standard InChI is InChI=1S/C10H16ClNO/c1-8(2)7-4-5-9(3,6-7)10(8,11)12-13/h7H,4-6H2,1-3H3/t7-,9+,10?/m1/s1. The van der Waals surface area contributed by atoms with E-state index in [2.05, 4.69) is 25.9 Å². The SMILES string of the molecule is CC1(C)[C@@H]2CC[C@@](C)(C2)C1(Cl)N=O. The molecule has 1 unspecified atom stereocenters. The Morgan fingerprint density at radius 2 is 2.00 bits per heavy atom. The average molecular weight is 202 g/mol. The van der Waals surface area contributed by atoms with E-state index in [1.807, 2.05) is 0 Å². The van der Waals surface area contributed by atoms with E-state index in [1.165, 1.54) is 6.42 Å². The molecule has 0 saturated heterocycles. The van der Waals surface area contributed by atoms with Crippen molar-refractivity contribution in [3.05, 3.63) is 4.91 Å². The predicted octanol–water partition coefficient (Wildman–Crippen LogP) is 3.53. The second kappa shape index (κ2) is 2.28. The normalized spacial score (nSPS) is 52.5. The molecule has 13 heavy (non-hydrogen) atoms. The van der Waals surface area contributed by atoms with Crippen LogP contribution in [0.15, 0.2) is 5.18 Å². The Morgan fingerprint density at radius 1 is 1.38 bits per heavy atom. The Balaban J connectivity index is 2.51. The summed E-state index contributed by atoms with van der Waals surface area (Å²) in [6.07, 6.45) is 3.32. The number of hydrogen-bond acceptors (Lipinski definition) is 2. The number of hydrogen-bond donors (Lipinski definition) is 0. The lowest BCUT2D eigenvalue weighted by atomic mass is 9.68. The highest BCUT2D eigenvalue weighted by Crippen LogP contribution is 2.71. The van der Waals surface area contributed by atoms with Gasteiger partial charge < -0.3 is 0 Å². The van der Waals surface area contributed by atoms with Crippen molar-refractivity contribution < 1.29 is 0 Å². The van der Waals surface area contributed by atoms with E-state index in [4.69, 9.17) is 11.6 Å². The van der Waals surface area contributed by atoms with Crippen LogP contribution in [0.5, 0.6) is 0 Å². The molecule has 2 nitrogen and oxygen atoms in total. The monoisotopic (exact) mass is 201 g/mol. The quantitative estimate of drug-likeness (QED) is 0.363. The second-order valence-corrected chi connectivity index (χ2v) is 5.98. The highest BCUT2D eigenvalue weighted by Gasteiger charge is 2.70. The van der Waals surface area contributed by atoms with Crippen LogP contribution in [0.25, 0.3) is 0 Å². The van der Waals surface area contributed by atoms with Crippen LogP contribution in [0.1, 0.15) is 40.0 Å². The topological polar surface area (TPSA) is 29.4 Å². The minimum atomic E-state index is -0.872. The number of rotatable bonds is 1. The summed E-state index contributed by atoms with van der Waals surface area (Å²) in [4.78, 5) is 10.1. The summed E-state index contributed by atoms with van der Waals surface area (Å²) in [6, 6.07) is 0. The van der Waals surface area contributed by atoms with Crippen molar-refractivity contribution in [1.82, 2.24) is 0 Å². The number of alkyl halides is 1. The number of nitroso groups, excluding NO2 is 1. The van der Waals surface area contributed by atoms with Gasteiger partial charge in [-0.15, -0.1) is 4.91 Å². The zero-order valence-corrected chi connectivity index (χ0v) is 9.19. The zero-order chi connectivity index (χ0) is 9.91. The zero-order valence-electron chi connectivity index (χ0n) is 8.43. The van der Waals surface area contributed by atoms with Gasteiger partial charge in [0.1, 0.15) is 0 Å². The molecule has 74 valence electrons. The van der Waals surface area contributed by atoms with Crippen molar-refractivity contribution in [3.8, 4) is 0 Å². The summed E-state index contributed by atoms with van der Waals surface area (Å²) >= 11 is 6.41. The highest BCUT2D eigenvalue weighted by atomic mass is 35.5. The Bertz CT molecular complexity index is 259. The van der Waals surface area contributed by atoms with Crippen LogP contribution in [-0.2, 0) is 0 Å². The fourth-order valence-electron chi connectivity index (χ4n) is 3.43. The molecule has 2 aliphatic carbocycles. The summed E-state index contributed by atoms with van der Waals surface area (Å²) in [5, 5.41) is 3.24. The van der Waals surface area contributed by atoms with Gasteiger partial charge in [0.25, 0.3) is 0 Å². The Kier molecular flexibility index (Phi) is 1.65. The Labute approximate surface area is 84.0 Å². The van der Waals surface area contributed by atoms with E-state index < -0.39 is 5.00 Å². The van der Waals surface area contributed by atoms with Gasteiger partial charge in [0.2, 0.25) is 0 Å². The molecule has 0 radical (unpaired) electrons. The second-order valence-electron chi connectivity index (χ2n) is 5.44. The summed E-state index contributed by atoms with van der Waals surface area (Å²) in [5.74, 6) is 0.577. The lowest BCUT2D eigenvalue weighted by Gasteiger charge is -2.44. The van der Waals surface area contributed by atoms with Crippen LogP contribution in [-0.4, -0.2) is 5.00 Å². The summed E-state index contributed by atoms with van der Waals surface area (Å²) in [7, 11) is 0. The molecule has 0 N–H and O–H groups in total. The fourth-order valence-corrected chi connectivity index (χ4v) is 3.76. The van der Waals surface area contributed by atoms with Gasteiger partial charge in [-0.2, -0.15) is 0 Å². The molecular weight excluding hydrogens is 186 g/mol. The first-order valence-corrected chi connectivity index (χ1v) is 5.29. The molecule has 0 aromatic carbocycles. The first-order valence-electron chi connectivity index (χ1n) is 4.91. The Hall–Kier alpha value is -0.110. The maximum absolute atomic E-state index is 11.0. The van der Waals surface area contributed by atoms with Gasteiger partial charge in [0, 0.05) is 10.8 Å². The lowest BCUT2D eigenvalue weighted by Crippen LogP contribution is -2.47. The molecule has 2 rings (SSSR count). The molecule has 0 aromatic heterocycles. The molecule has 0 heterocycles. The van der Waals surface area contributed by atoms with E-state index in [1.54, 1.807) is 0 Å². The van der Waals surface area contributed by atoms with Gasteiger partial charge in [-0.1, -0.05) is 32.4 Å². The van der Waals surface area contributed by atoms with Crippen molar-refractivity contribution in [2.45, 2.75) is 45.0 Å². The number of nitrogens with zero attached hydrogens (tertiary/aromatic N) is 1. The van der Waals surface area contributed by atoms with E-state index in [0.717, 1.165) is 12.8 Å². The van der Waals surface area contributed by atoms with Crippen LogP contribution in [0.4, 0.5) is 0 Å². The van der Waals surface area contributed by atoms with Gasteiger partial charge in [-0.25, -0.2) is 0 Å². The smallest absolute Gasteiger partial charge is 0.149 e. The molecule has 3 atom stereocenters. The van der Waals surface area contributed by atoms with Crippen molar-refractivity contribution in [2.24, 2.45) is 21.9 Å². The Morgan fingerprint density at radius 3 is 2.31 bits per heavy atom. The largest absolute Gasteiger partial charge is 0.186 e. The molecule has 2 bridgehead atoms. The van der Waals surface area contributed by atoms with E-state index in [0.29, 0.717) is 5.92 Å². The highest BCUT2D eigenvalue weighted by molar-refractivity contribution is 6.25. The van der Waals surface area contributed by atoms with E-state index in [9.17, 15) is 4.91 Å². The van der Waals surface area contributed by atoms with Gasteiger partial charge in [-0.05, 0) is 30.4 Å². The summed E-state index contributed by atoms with van der Waals surface area (Å²) < 4.78 is 0. The van der Waals surface area contributed by atoms with Crippen molar-refractivity contribution >= 4 is 11.6 Å². The maximum Gasteiger partial charge on any atom is 0.186 e. The van der Waals surface area contributed by atoms with E-state index >= 15 is 0 Å². The first-order chi connectivity index (χ1) is 5.87. The summed E-state index contributed by atoms with van der Waals surface area (Å²) in [5.41, 5.74) is -0.201. The van der Waals surface area contributed by atoms with Crippen LogP contribution in [0.3, 0.4) is 0 Å². The molecule has 0 aromatic rings. The van der Waals surface area contributed by atoms with Crippen LogP contribution < -0.4 is 0 Å². The van der Waals surface area contributed by atoms with E-state index in [-0.39, 0.29) is 10.8 Å². The van der Waals surface area contributed by atoms with Crippen LogP contribution >= 0.6 is 11.6 Å². The third kappa shape index (κ3) is 0.810. The molecule has 0 amide bonds. The van der Waals surface area contributed by atoms with Crippen LogP contribution in [0.2, 0.25) is 0 Å². The molecule has 0 aliphatic heterocycles. The average Bonchev–Trinajstić information content (AvgIpc) is 2.51. The van der Waals surface area contributed by atoms with Gasteiger partial charge in [-0.3, -0.25) is 0 Å². The van der Waals surface area contributed by atoms with Crippen molar-refractivity contribution in [2.75, 3.05) is 0 Å². The molecule has 0 spiro atoms. The van der Waals surface area contributed by atoms with Crippen LogP contribution in [0, 0.1) is 21.7 Å². The molecule has 2 aliphatic rings. The number of halogens is 1. The molecular formula is C10H16ClNO. The number of fused-ring (bicyclic) bond motifs is 2. The third-order valence-electron chi connectivity index (χ3n) is 4.54. The molecule has 3 heteroatoms.